The van der Waals surface area contributed by atoms with Crippen molar-refractivity contribution in [1.82, 2.24) is 4.98 Å². The van der Waals surface area contributed by atoms with Gasteiger partial charge in [0.2, 0.25) is 0 Å². The summed E-state index contributed by atoms with van der Waals surface area (Å²) >= 11 is 0. The van der Waals surface area contributed by atoms with E-state index in [1.807, 2.05) is 0 Å². The molecule has 1 saturated carbocycles. The Morgan fingerprint density at radius 2 is 2.29 bits per heavy atom. The predicted molar refractivity (Wildman–Crippen MR) is 66.0 cm³/mol. The summed E-state index contributed by atoms with van der Waals surface area (Å²) in [7, 11) is 1.35. The molecule has 0 aromatic carbocycles. The molecule has 1 heterocycles. The minimum Gasteiger partial charge on any atom is -0.464 e. The number of anilines is 2. The lowest BCUT2D eigenvalue weighted by molar-refractivity contribution is 0.0594. The molecule has 0 spiro atoms. The van der Waals surface area contributed by atoms with Crippen LogP contribution in [-0.2, 0) is 4.74 Å². The maximum Gasteiger partial charge on any atom is 0.356 e. The molecule has 5 heteroatoms. The van der Waals surface area contributed by atoms with Crippen molar-refractivity contribution < 1.29 is 9.53 Å². The topological polar surface area (TPSA) is 68.5 Å². The molecule has 0 bridgehead atoms. The van der Waals surface area contributed by atoms with E-state index < -0.39 is 5.97 Å². The number of nitrogens with zero attached hydrogens (tertiary/aromatic N) is 2. The molecule has 0 atom stereocenters. The number of pyridine rings is 1. The Hall–Kier alpha value is -1.78. The zero-order chi connectivity index (χ0) is 12.4. The van der Waals surface area contributed by atoms with Gasteiger partial charge < -0.3 is 15.4 Å². The normalized spacial score (nSPS) is 14.5. The van der Waals surface area contributed by atoms with Crippen molar-refractivity contribution in [3.05, 3.63) is 17.8 Å². The molecule has 2 N–H and O–H groups in total. The quantitative estimate of drug-likeness (QED) is 0.800. The highest BCUT2D eigenvalue weighted by atomic mass is 16.5. The second kappa shape index (κ2) is 4.61. The Morgan fingerprint density at radius 3 is 2.82 bits per heavy atom. The summed E-state index contributed by atoms with van der Waals surface area (Å²) in [5.74, 6) is 0.260. The number of rotatable bonds is 4. The molecule has 92 valence electrons. The predicted octanol–water partition coefficient (Wildman–Crippen LogP) is 1.44. The van der Waals surface area contributed by atoms with E-state index in [1.165, 1.54) is 7.11 Å². The van der Waals surface area contributed by atoms with Crippen LogP contribution in [0.1, 0.15) is 30.3 Å². The van der Waals surface area contributed by atoms with Gasteiger partial charge in [-0.05, 0) is 31.9 Å². The van der Waals surface area contributed by atoms with E-state index >= 15 is 0 Å². The molecule has 2 rings (SSSR count). The standard InChI is InChI=1S/C12H17N3O2/c1-3-15(8-4-5-8)11-9(13)6-7-10(14-11)12(16)17-2/h6-8H,3-5,13H2,1-2H3. The lowest BCUT2D eigenvalue weighted by Crippen LogP contribution is -2.27. The van der Waals surface area contributed by atoms with Crippen LogP contribution in [0.5, 0.6) is 0 Å². The third-order valence-electron chi connectivity index (χ3n) is 2.90. The molecular weight excluding hydrogens is 218 g/mol. The van der Waals surface area contributed by atoms with E-state index in [0.717, 1.165) is 19.4 Å². The van der Waals surface area contributed by atoms with Gasteiger partial charge in [-0.25, -0.2) is 9.78 Å². The van der Waals surface area contributed by atoms with E-state index in [0.29, 0.717) is 23.2 Å². The Balaban J connectivity index is 2.33. The highest BCUT2D eigenvalue weighted by Gasteiger charge is 2.30. The van der Waals surface area contributed by atoms with Crippen LogP contribution in [0.2, 0.25) is 0 Å². The highest BCUT2D eigenvalue weighted by molar-refractivity contribution is 5.88. The van der Waals surface area contributed by atoms with Crippen LogP contribution in [0.4, 0.5) is 11.5 Å². The largest absolute Gasteiger partial charge is 0.464 e. The monoisotopic (exact) mass is 235 g/mol. The summed E-state index contributed by atoms with van der Waals surface area (Å²) < 4.78 is 4.66. The molecule has 0 amide bonds. The van der Waals surface area contributed by atoms with E-state index in [9.17, 15) is 4.79 Å². The van der Waals surface area contributed by atoms with Crippen LogP contribution in [-0.4, -0.2) is 30.6 Å². The number of carbonyl (C=O) groups is 1. The van der Waals surface area contributed by atoms with E-state index in [2.05, 4.69) is 21.5 Å². The van der Waals surface area contributed by atoms with E-state index in [-0.39, 0.29) is 0 Å². The first kappa shape index (κ1) is 11.7. The van der Waals surface area contributed by atoms with Crippen molar-refractivity contribution in [3.8, 4) is 0 Å². The number of ether oxygens (including phenoxy) is 1. The van der Waals surface area contributed by atoms with Gasteiger partial charge in [-0.15, -0.1) is 0 Å². The number of hydrogen-bond acceptors (Lipinski definition) is 5. The molecule has 1 aromatic rings. The Labute approximate surface area is 101 Å². The van der Waals surface area contributed by atoms with Gasteiger partial charge in [-0.3, -0.25) is 0 Å². The van der Waals surface area contributed by atoms with Crippen molar-refractivity contribution in [2.45, 2.75) is 25.8 Å². The SMILES string of the molecule is CCN(c1nc(C(=O)OC)ccc1N)C1CC1. The summed E-state index contributed by atoms with van der Waals surface area (Å²) in [5.41, 5.74) is 6.82. The van der Waals surface area contributed by atoms with Crippen molar-refractivity contribution in [2.24, 2.45) is 0 Å². The highest BCUT2D eigenvalue weighted by Crippen LogP contribution is 2.33. The average molecular weight is 235 g/mol. The molecule has 0 radical (unpaired) electrons. The fourth-order valence-electron chi connectivity index (χ4n) is 1.87. The van der Waals surface area contributed by atoms with Gasteiger partial charge in [0, 0.05) is 12.6 Å². The van der Waals surface area contributed by atoms with Crippen molar-refractivity contribution in [2.75, 3.05) is 24.3 Å². The number of nitrogen functional groups attached to an aromatic ring is 1. The minimum atomic E-state index is -0.432. The number of carbonyl (C=O) groups excluding carboxylic acids is 1. The summed E-state index contributed by atoms with van der Waals surface area (Å²) in [6.07, 6.45) is 2.33. The number of methoxy groups -OCH3 is 1. The number of aromatic nitrogens is 1. The molecule has 0 aliphatic heterocycles. The van der Waals surface area contributed by atoms with Crippen LogP contribution >= 0.6 is 0 Å². The lowest BCUT2D eigenvalue weighted by Gasteiger charge is -2.23. The molecule has 0 saturated heterocycles. The van der Waals surface area contributed by atoms with E-state index in [4.69, 9.17) is 5.73 Å². The van der Waals surface area contributed by atoms with E-state index in [1.54, 1.807) is 12.1 Å². The van der Waals surface area contributed by atoms with Crippen LogP contribution < -0.4 is 10.6 Å². The third kappa shape index (κ3) is 2.33. The van der Waals surface area contributed by atoms with Gasteiger partial charge in [0.1, 0.15) is 0 Å². The van der Waals surface area contributed by atoms with Crippen LogP contribution in [0.3, 0.4) is 0 Å². The molecule has 0 unspecified atom stereocenters. The molecule has 1 aromatic heterocycles. The van der Waals surface area contributed by atoms with Gasteiger partial charge in [-0.2, -0.15) is 0 Å². The summed E-state index contributed by atoms with van der Waals surface area (Å²) in [5, 5.41) is 0. The molecular formula is C12H17N3O2. The number of hydrogen-bond donors (Lipinski definition) is 1. The molecule has 5 nitrogen and oxygen atoms in total. The first-order valence-electron chi connectivity index (χ1n) is 5.78. The van der Waals surface area contributed by atoms with Gasteiger partial charge in [0.25, 0.3) is 0 Å². The lowest BCUT2D eigenvalue weighted by atomic mass is 10.3. The Bertz CT molecular complexity index is 430. The summed E-state index contributed by atoms with van der Waals surface area (Å²) in [6, 6.07) is 3.81. The van der Waals surface area contributed by atoms with Gasteiger partial charge in [0.05, 0.1) is 12.8 Å². The van der Waals surface area contributed by atoms with Gasteiger partial charge >= 0.3 is 5.97 Å². The zero-order valence-corrected chi connectivity index (χ0v) is 10.1. The second-order valence-corrected chi connectivity index (χ2v) is 4.12. The smallest absolute Gasteiger partial charge is 0.356 e. The minimum absolute atomic E-state index is 0.302. The number of esters is 1. The van der Waals surface area contributed by atoms with Crippen molar-refractivity contribution in [3.63, 3.8) is 0 Å². The van der Waals surface area contributed by atoms with Crippen molar-refractivity contribution >= 4 is 17.5 Å². The molecule has 1 aliphatic carbocycles. The van der Waals surface area contributed by atoms with Crippen LogP contribution in [0.15, 0.2) is 12.1 Å². The fraction of sp³-hybridized carbons (Fsp3) is 0.500. The average Bonchev–Trinajstić information content (AvgIpc) is 3.16. The van der Waals surface area contributed by atoms with Gasteiger partial charge in [0.15, 0.2) is 11.5 Å². The molecule has 1 aliphatic rings. The van der Waals surface area contributed by atoms with Crippen molar-refractivity contribution in [1.29, 1.82) is 0 Å². The molecule has 17 heavy (non-hydrogen) atoms. The second-order valence-electron chi connectivity index (χ2n) is 4.12. The molecule has 1 fully saturated rings. The van der Waals surface area contributed by atoms with Gasteiger partial charge in [-0.1, -0.05) is 0 Å². The van der Waals surface area contributed by atoms with Crippen LogP contribution in [0.25, 0.3) is 0 Å². The Morgan fingerprint density at radius 1 is 1.59 bits per heavy atom. The zero-order valence-electron chi connectivity index (χ0n) is 10.1. The summed E-state index contributed by atoms with van der Waals surface area (Å²) in [4.78, 5) is 17.9. The maximum atomic E-state index is 11.4. The maximum absolute atomic E-state index is 11.4. The first-order valence-corrected chi connectivity index (χ1v) is 5.78. The first-order chi connectivity index (χ1) is 8.17. The fourth-order valence-corrected chi connectivity index (χ4v) is 1.87. The Kier molecular flexibility index (Phi) is 3.17. The van der Waals surface area contributed by atoms with Crippen LogP contribution in [0, 0.1) is 0 Å². The summed E-state index contributed by atoms with van der Waals surface area (Å²) in [6.45, 7) is 2.90. The number of nitrogens with two attached hydrogens (primary N) is 1. The third-order valence-corrected chi connectivity index (χ3v) is 2.90.